The van der Waals surface area contributed by atoms with Crippen molar-refractivity contribution in [1.29, 1.82) is 0 Å². The van der Waals surface area contributed by atoms with Gasteiger partial charge in [-0.2, -0.15) is 0 Å². The molecule has 1 aliphatic rings. The maximum atomic E-state index is 12.3. The molecule has 0 spiro atoms. The minimum atomic E-state index is -0.735. The van der Waals surface area contributed by atoms with Crippen LogP contribution in [0.2, 0.25) is 5.02 Å². The monoisotopic (exact) mass is 309 g/mol. The highest BCUT2D eigenvalue weighted by Gasteiger charge is 2.47. The average molecular weight is 310 g/mol. The number of carbonyl (C=O) groups excluding carboxylic acids is 1. The third-order valence-corrected chi connectivity index (χ3v) is 4.65. The van der Waals surface area contributed by atoms with Crippen molar-refractivity contribution in [2.45, 2.75) is 58.0 Å². The van der Waals surface area contributed by atoms with Gasteiger partial charge in [-0.25, -0.2) is 4.79 Å². The van der Waals surface area contributed by atoms with Crippen LogP contribution in [0.4, 0.5) is 5.69 Å². The number of halogens is 1. The van der Waals surface area contributed by atoms with Gasteiger partial charge in [-0.15, -0.1) is 0 Å². The van der Waals surface area contributed by atoms with Crippen LogP contribution in [0, 0.1) is 0 Å². The van der Waals surface area contributed by atoms with E-state index in [1.165, 1.54) is 12.7 Å². The van der Waals surface area contributed by atoms with Gasteiger partial charge < -0.3 is 9.64 Å². The molecule has 1 aromatic carbocycles. The van der Waals surface area contributed by atoms with Crippen molar-refractivity contribution in [1.82, 2.24) is 0 Å². The quantitative estimate of drug-likeness (QED) is 0.759. The molecule has 1 atom stereocenters. The summed E-state index contributed by atoms with van der Waals surface area (Å²) in [6.45, 7) is 10.4. The maximum absolute atomic E-state index is 12.3. The van der Waals surface area contributed by atoms with Gasteiger partial charge >= 0.3 is 5.97 Å². The first-order valence-corrected chi connectivity index (χ1v) is 7.67. The lowest BCUT2D eigenvalue weighted by molar-refractivity contribution is -0.146. The van der Waals surface area contributed by atoms with Crippen LogP contribution < -0.4 is 4.90 Å². The Morgan fingerprint density at radius 2 is 2.05 bits per heavy atom. The van der Waals surface area contributed by atoms with Gasteiger partial charge in [0.15, 0.2) is 0 Å². The fraction of sp³-hybridized carbons (Fsp3) is 0.588. The fourth-order valence-corrected chi connectivity index (χ4v) is 3.98. The van der Waals surface area contributed by atoms with Crippen molar-refractivity contribution >= 4 is 23.3 Å². The van der Waals surface area contributed by atoms with E-state index in [0.717, 1.165) is 17.1 Å². The van der Waals surface area contributed by atoms with E-state index in [0.29, 0.717) is 5.92 Å². The van der Waals surface area contributed by atoms with Crippen LogP contribution in [0.15, 0.2) is 18.2 Å². The molecular weight excluding hydrogens is 286 g/mol. The molecule has 0 amide bonds. The summed E-state index contributed by atoms with van der Waals surface area (Å²) in [5, 5.41) is 0.733. The molecule has 2 rings (SSSR count). The number of carbonyl (C=O) groups is 1. The average Bonchev–Trinajstić information content (AvgIpc) is 2.37. The second-order valence-electron chi connectivity index (χ2n) is 7.01. The Kier molecular flexibility index (Phi) is 4.00. The summed E-state index contributed by atoms with van der Waals surface area (Å²) in [7, 11) is 1.44. The highest BCUT2D eigenvalue weighted by atomic mass is 35.5. The first-order valence-electron chi connectivity index (χ1n) is 7.29. The third-order valence-electron chi connectivity index (χ3n) is 4.42. The zero-order valence-corrected chi connectivity index (χ0v) is 14.4. The second-order valence-corrected chi connectivity index (χ2v) is 7.44. The lowest BCUT2D eigenvalue weighted by Gasteiger charge is -2.53. The zero-order chi connectivity index (χ0) is 16.0. The molecule has 0 radical (unpaired) electrons. The number of hydrogen-bond donors (Lipinski definition) is 0. The van der Waals surface area contributed by atoms with Crippen molar-refractivity contribution in [2.24, 2.45) is 0 Å². The van der Waals surface area contributed by atoms with Crippen LogP contribution in [0.5, 0.6) is 0 Å². The van der Waals surface area contributed by atoms with Gasteiger partial charge in [-0.1, -0.05) is 18.5 Å². The molecule has 0 saturated carbocycles. The first-order chi connectivity index (χ1) is 9.61. The van der Waals surface area contributed by atoms with E-state index < -0.39 is 5.54 Å². The fourth-order valence-electron chi connectivity index (χ4n) is 3.80. The molecule has 21 heavy (non-hydrogen) atoms. The number of nitrogens with zero attached hydrogens (tertiary/aromatic N) is 1. The van der Waals surface area contributed by atoms with Crippen LogP contribution in [-0.4, -0.2) is 24.2 Å². The maximum Gasteiger partial charge on any atom is 0.331 e. The van der Waals surface area contributed by atoms with Gasteiger partial charge in [-0.3, -0.25) is 0 Å². The van der Waals surface area contributed by atoms with Gasteiger partial charge in [0.05, 0.1) is 7.11 Å². The SMILES string of the molecule is COC(=O)C(C)(C)N1c2ccc(Cl)cc2[C@@H](C)CC1(C)C. The van der Waals surface area contributed by atoms with Crippen LogP contribution in [-0.2, 0) is 9.53 Å². The molecule has 0 bridgehead atoms. The molecule has 0 unspecified atom stereocenters. The van der Waals surface area contributed by atoms with Crippen LogP contribution in [0.1, 0.15) is 52.5 Å². The van der Waals surface area contributed by atoms with E-state index in [1.807, 2.05) is 32.0 Å². The minimum Gasteiger partial charge on any atom is -0.467 e. The summed E-state index contributed by atoms with van der Waals surface area (Å²) in [6, 6.07) is 5.91. The normalized spacial score (nSPS) is 20.9. The molecule has 0 saturated heterocycles. The number of benzene rings is 1. The largest absolute Gasteiger partial charge is 0.467 e. The minimum absolute atomic E-state index is 0.141. The van der Waals surface area contributed by atoms with E-state index in [9.17, 15) is 4.79 Å². The highest BCUT2D eigenvalue weighted by molar-refractivity contribution is 6.30. The number of ether oxygens (including phenoxy) is 1. The highest BCUT2D eigenvalue weighted by Crippen LogP contribution is 2.47. The first kappa shape index (κ1) is 16.2. The van der Waals surface area contributed by atoms with Gasteiger partial charge in [0.2, 0.25) is 0 Å². The van der Waals surface area contributed by atoms with Crippen LogP contribution in [0.25, 0.3) is 0 Å². The Morgan fingerprint density at radius 1 is 1.43 bits per heavy atom. The molecular formula is C17H24ClNO2. The van der Waals surface area contributed by atoms with Crippen LogP contribution in [0.3, 0.4) is 0 Å². The van der Waals surface area contributed by atoms with Gasteiger partial charge in [-0.05, 0) is 63.8 Å². The van der Waals surface area contributed by atoms with Crippen molar-refractivity contribution in [2.75, 3.05) is 12.0 Å². The number of methoxy groups -OCH3 is 1. The van der Waals surface area contributed by atoms with E-state index in [-0.39, 0.29) is 11.5 Å². The Balaban J connectivity index is 2.63. The molecule has 0 fully saturated rings. The van der Waals surface area contributed by atoms with Gasteiger partial charge in [0, 0.05) is 16.2 Å². The van der Waals surface area contributed by atoms with Crippen molar-refractivity contribution < 1.29 is 9.53 Å². The number of fused-ring (bicyclic) bond motifs is 1. The Hall–Kier alpha value is -1.22. The van der Waals surface area contributed by atoms with E-state index in [2.05, 4.69) is 25.7 Å². The molecule has 116 valence electrons. The molecule has 0 aromatic heterocycles. The topological polar surface area (TPSA) is 29.5 Å². The molecule has 1 aliphatic heterocycles. The molecule has 1 aromatic rings. The Morgan fingerprint density at radius 3 is 2.62 bits per heavy atom. The Bertz CT molecular complexity index is 566. The van der Waals surface area contributed by atoms with Crippen molar-refractivity contribution in [3.8, 4) is 0 Å². The third kappa shape index (κ3) is 2.64. The number of hydrogen-bond acceptors (Lipinski definition) is 3. The summed E-state index contributed by atoms with van der Waals surface area (Å²) in [4.78, 5) is 14.5. The lowest BCUT2D eigenvalue weighted by Crippen LogP contribution is -2.62. The van der Waals surface area contributed by atoms with Crippen LogP contribution >= 0.6 is 11.6 Å². The standard InChI is InChI=1S/C17H24ClNO2/c1-11-10-16(2,3)19(17(4,5)15(20)21-6)14-8-7-12(18)9-13(11)14/h7-9,11H,10H2,1-6H3/t11-/m0/s1. The molecule has 0 aliphatic carbocycles. The zero-order valence-electron chi connectivity index (χ0n) is 13.7. The molecule has 3 nitrogen and oxygen atoms in total. The molecule has 0 N–H and O–H groups in total. The van der Waals surface area contributed by atoms with Gasteiger partial charge in [0.1, 0.15) is 5.54 Å². The molecule has 4 heteroatoms. The predicted molar refractivity (Wildman–Crippen MR) is 87.1 cm³/mol. The lowest BCUT2D eigenvalue weighted by atomic mass is 9.77. The van der Waals surface area contributed by atoms with E-state index >= 15 is 0 Å². The van der Waals surface area contributed by atoms with Gasteiger partial charge in [0.25, 0.3) is 0 Å². The number of rotatable bonds is 2. The second kappa shape index (κ2) is 5.20. The summed E-state index contributed by atoms with van der Waals surface area (Å²) in [5.41, 5.74) is 1.39. The summed E-state index contributed by atoms with van der Waals surface area (Å²) < 4.78 is 5.02. The summed E-state index contributed by atoms with van der Waals surface area (Å²) in [6.07, 6.45) is 0.959. The number of esters is 1. The number of anilines is 1. The smallest absolute Gasteiger partial charge is 0.331 e. The van der Waals surface area contributed by atoms with Crippen molar-refractivity contribution in [3.63, 3.8) is 0 Å². The molecule has 1 heterocycles. The van der Waals surface area contributed by atoms with E-state index in [1.54, 1.807) is 0 Å². The van der Waals surface area contributed by atoms with Crippen molar-refractivity contribution in [3.05, 3.63) is 28.8 Å². The van der Waals surface area contributed by atoms with E-state index in [4.69, 9.17) is 16.3 Å². The summed E-state index contributed by atoms with van der Waals surface area (Å²) in [5.74, 6) is 0.171. The summed E-state index contributed by atoms with van der Waals surface area (Å²) >= 11 is 6.15. The predicted octanol–water partition coefficient (Wildman–Crippen LogP) is 4.38. The Labute approximate surface area is 132 Å².